The number of alkyl halides is 3. The maximum atomic E-state index is 13.0. The lowest BCUT2D eigenvalue weighted by Gasteiger charge is -2.15. The standard InChI is InChI=1S/C12H10ClF3N4O2S/c13-11-17-6-8(12(14,15)16)10(20-11)19-9-4-2-1-3-7(9)5-18-23(21)22/h1-4,6,18H,5H2,(H,21,22)(H,17,19,20). The Hall–Kier alpha value is -1.75. The van der Waals surface area contributed by atoms with Crippen LogP contribution in [0.3, 0.4) is 0 Å². The predicted molar refractivity (Wildman–Crippen MR) is 79.4 cm³/mol. The first kappa shape index (κ1) is 17.6. The van der Waals surface area contributed by atoms with Crippen molar-refractivity contribution in [3.63, 3.8) is 0 Å². The maximum Gasteiger partial charge on any atom is 0.421 e. The fourth-order valence-electron chi connectivity index (χ4n) is 1.73. The third kappa shape index (κ3) is 4.86. The molecule has 1 heterocycles. The molecule has 0 aliphatic rings. The lowest BCUT2D eigenvalue weighted by Crippen LogP contribution is -2.17. The van der Waals surface area contributed by atoms with Gasteiger partial charge in [0.15, 0.2) is 0 Å². The predicted octanol–water partition coefficient (Wildman–Crippen LogP) is 3.12. The van der Waals surface area contributed by atoms with Gasteiger partial charge < -0.3 is 5.32 Å². The van der Waals surface area contributed by atoms with Crippen LogP contribution in [-0.4, -0.2) is 18.7 Å². The van der Waals surface area contributed by atoms with Gasteiger partial charge in [0.1, 0.15) is 11.4 Å². The summed E-state index contributed by atoms with van der Waals surface area (Å²) in [5.41, 5.74) is -0.320. The van der Waals surface area contributed by atoms with Gasteiger partial charge in [-0.15, -0.1) is 0 Å². The molecule has 0 saturated carbocycles. The minimum atomic E-state index is -4.66. The Morgan fingerprint density at radius 2 is 2.00 bits per heavy atom. The summed E-state index contributed by atoms with van der Waals surface area (Å²) in [6.07, 6.45) is -4.08. The average Bonchev–Trinajstić information content (AvgIpc) is 2.45. The van der Waals surface area contributed by atoms with Crippen molar-refractivity contribution in [2.24, 2.45) is 0 Å². The van der Waals surface area contributed by atoms with E-state index >= 15 is 0 Å². The molecule has 1 aromatic carbocycles. The van der Waals surface area contributed by atoms with Gasteiger partial charge in [-0.05, 0) is 23.2 Å². The van der Waals surface area contributed by atoms with E-state index in [-0.39, 0.29) is 17.5 Å². The number of nitrogens with zero attached hydrogens (tertiary/aromatic N) is 2. The number of halogens is 4. The van der Waals surface area contributed by atoms with Crippen molar-refractivity contribution in [2.45, 2.75) is 12.7 Å². The summed E-state index contributed by atoms with van der Waals surface area (Å²) in [7, 11) is 0. The van der Waals surface area contributed by atoms with Crippen LogP contribution in [0.5, 0.6) is 0 Å². The zero-order valence-electron chi connectivity index (χ0n) is 11.3. The number of hydrogen-bond donors (Lipinski definition) is 3. The van der Waals surface area contributed by atoms with E-state index in [1.807, 2.05) is 0 Å². The molecule has 0 aliphatic heterocycles. The summed E-state index contributed by atoms with van der Waals surface area (Å²) >= 11 is 3.31. The van der Waals surface area contributed by atoms with Crippen LogP contribution in [0.4, 0.5) is 24.7 Å². The van der Waals surface area contributed by atoms with Gasteiger partial charge in [0.25, 0.3) is 0 Å². The minimum Gasteiger partial charge on any atom is -0.339 e. The molecule has 0 bridgehead atoms. The largest absolute Gasteiger partial charge is 0.421 e. The van der Waals surface area contributed by atoms with Gasteiger partial charge in [0, 0.05) is 18.4 Å². The van der Waals surface area contributed by atoms with E-state index < -0.39 is 28.8 Å². The lowest BCUT2D eigenvalue weighted by molar-refractivity contribution is -0.137. The van der Waals surface area contributed by atoms with Crippen molar-refractivity contribution in [1.29, 1.82) is 0 Å². The highest BCUT2D eigenvalue weighted by Gasteiger charge is 2.35. The number of hydrogen-bond acceptors (Lipinski definition) is 4. The van der Waals surface area contributed by atoms with E-state index in [1.54, 1.807) is 18.2 Å². The number of anilines is 2. The molecule has 0 radical (unpaired) electrons. The molecule has 2 aromatic rings. The summed E-state index contributed by atoms with van der Waals surface area (Å²) in [5.74, 6) is -0.505. The molecule has 1 unspecified atom stereocenters. The van der Waals surface area contributed by atoms with Crippen LogP contribution < -0.4 is 10.0 Å². The second kappa shape index (κ2) is 7.21. The molecule has 11 heteroatoms. The molecule has 0 saturated heterocycles. The van der Waals surface area contributed by atoms with Crippen molar-refractivity contribution in [2.75, 3.05) is 5.32 Å². The maximum absolute atomic E-state index is 13.0. The van der Waals surface area contributed by atoms with Gasteiger partial charge in [-0.25, -0.2) is 13.9 Å². The molecule has 1 aromatic heterocycles. The van der Waals surface area contributed by atoms with E-state index in [0.29, 0.717) is 11.8 Å². The van der Waals surface area contributed by atoms with Crippen LogP contribution in [0.2, 0.25) is 5.28 Å². The van der Waals surface area contributed by atoms with Crippen LogP contribution in [0.1, 0.15) is 11.1 Å². The highest BCUT2D eigenvalue weighted by molar-refractivity contribution is 7.77. The first-order chi connectivity index (χ1) is 10.8. The van der Waals surface area contributed by atoms with E-state index in [1.165, 1.54) is 6.07 Å². The van der Waals surface area contributed by atoms with Gasteiger partial charge in [-0.1, -0.05) is 18.2 Å². The topological polar surface area (TPSA) is 87.1 Å². The average molecular weight is 367 g/mol. The number of para-hydroxylation sites is 1. The second-order valence-corrected chi connectivity index (χ2v) is 5.38. The Bertz CT molecular complexity index is 730. The van der Waals surface area contributed by atoms with Gasteiger partial charge in [0.2, 0.25) is 16.6 Å². The Balaban J connectivity index is 2.36. The normalized spacial score (nSPS) is 12.9. The molecule has 0 fully saturated rings. The molecule has 23 heavy (non-hydrogen) atoms. The van der Waals surface area contributed by atoms with Crippen molar-refractivity contribution in [1.82, 2.24) is 14.7 Å². The molecular formula is C12H10ClF3N4O2S. The van der Waals surface area contributed by atoms with Gasteiger partial charge >= 0.3 is 6.18 Å². The smallest absolute Gasteiger partial charge is 0.339 e. The van der Waals surface area contributed by atoms with E-state index in [2.05, 4.69) is 20.0 Å². The highest BCUT2D eigenvalue weighted by atomic mass is 35.5. The zero-order valence-corrected chi connectivity index (χ0v) is 12.8. The molecule has 3 N–H and O–H groups in total. The van der Waals surface area contributed by atoms with Crippen molar-refractivity contribution < 1.29 is 21.9 Å². The quantitative estimate of drug-likeness (QED) is 0.559. The number of aromatic nitrogens is 2. The molecule has 1 atom stereocenters. The fraction of sp³-hybridized carbons (Fsp3) is 0.167. The molecule has 0 spiro atoms. The Morgan fingerprint density at radius 1 is 1.30 bits per heavy atom. The summed E-state index contributed by atoms with van der Waals surface area (Å²) in [5, 5.41) is 2.20. The number of benzene rings is 1. The van der Waals surface area contributed by atoms with Crippen LogP contribution in [0, 0.1) is 0 Å². The summed E-state index contributed by atoms with van der Waals surface area (Å²) in [6.45, 7) is -0.0353. The zero-order chi connectivity index (χ0) is 17.0. The summed E-state index contributed by atoms with van der Waals surface area (Å²) in [4.78, 5) is 6.90. The first-order valence-corrected chi connectivity index (χ1v) is 7.55. The Morgan fingerprint density at radius 3 is 2.65 bits per heavy atom. The van der Waals surface area contributed by atoms with Gasteiger partial charge in [-0.2, -0.15) is 18.2 Å². The van der Waals surface area contributed by atoms with Crippen LogP contribution in [-0.2, 0) is 24.0 Å². The monoisotopic (exact) mass is 366 g/mol. The molecular weight excluding hydrogens is 357 g/mol. The lowest BCUT2D eigenvalue weighted by atomic mass is 10.1. The third-order valence-corrected chi connectivity index (χ3v) is 3.29. The Labute approximate surface area is 136 Å². The van der Waals surface area contributed by atoms with E-state index in [9.17, 15) is 17.4 Å². The van der Waals surface area contributed by atoms with Crippen molar-refractivity contribution >= 4 is 34.4 Å². The molecule has 0 amide bonds. The SMILES string of the molecule is O=S(O)NCc1ccccc1Nc1nc(Cl)ncc1C(F)(F)F. The minimum absolute atomic E-state index is 0.0353. The van der Waals surface area contributed by atoms with Gasteiger partial charge in [-0.3, -0.25) is 4.55 Å². The van der Waals surface area contributed by atoms with Crippen LogP contribution >= 0.6 is 11.6 Å². The third-order valence-electron chi connectivity index (χ3n) is 2.72. The second-order valence-electron chi connectivity index (χ2n) is 4.25. The number of nitrogens with one attached hydrogen (secondary N) is 2. The van der Waals surface area contributed by atoms with Crippen molar-refractivity contribution in [3.05, 3.63) is 46.9 Å². The highest BCUT2D eigenvalue weighted by Crippen LogP contribution is 2.35. The first-order valence-electron chi connectivity index (χ1n) is 6.06. The van der Waals surface area contributed by atoms with Crippen LogP contribution in [0.25, 0.3) is 0 Å². The molecule has 6 nitrogen and oxygen atoms in total. The van der Waals surface area contributed by atoms with E-state index in [4.69, 9.17) is 16.2 Å². The van der Waals surface area contributed by atoms with E-state index in [0.717, 1.165) is 0 Å². The molecule has 2 rings (SSSR count). The number of rotatable bonds is 5. The molecule has 0 aliphatic carbocycles. The summed E-state index contributed by atoms with van der Waals surface area (Å²) in [6, 6.07) is 6.32. The van der Waals surface area contributed by atoms with Crippen LogP contribution in [0.15, 0.2) is 30.5 Å². The fourth-order valence-corrected chi connectivity index (χ4v) is 2.14. The summed E-state index contributed by atoms with van der Waals surface area (Å²) < 4.78 is 60.6. The van der Waals surface area contributed by atoms with Gasteiger partial charge in [0.05, 0.1) is 0 Å². The Kier molecular flexibility index (Phi) is 5.52. The van der Waals surface area contributed by atoms with Crippen molar-refractivity contribution in [3.8, 4) is 0 Å². The molecule has 124 valence electrons.